The minimum Gasteiger partial charge on any atom is -0.375 e. The molecule has 0 spiro atoms. The quantitative estimate of drug-likeness (QED) is 0.607. The van der Waals surface area contributed by atoms with Crippen molar-refractivity contribution in [2.45, 2.75) is 110 Å². The number of ether oxygens (including phenoxy) is 2. The number of rotatable bonds is 7. The van der Waals surface area contributed by atoms with Crippen LogP contribution in [0.4, 0.5) is 0 Å². The Kier molecular flexibility index (Phi) is 7.16. The fraction of sp³-hybridized carbons (Fsp3) is 1.00. The first kappa shape index (κ1) is 20.2. The molecule has 0 atom stereocenters. The minimum absolute atomic E-state index is 0.0199. The van der Waals surface area contributed by atoms with E-state index in [-0.39, 0.29) is 5.60 Å². The van der Waals surface area contributed by atoms with Crippen LogP contribution in [0.3, 0.4) is 0 Å². The van der Waals surface area contributed by atoms with E-state index in [4.69, 9.17) is 9.47 Å². The van der Waals surface area contributed by atoms with Gasteiger partial charge in [0.05, 0.1) is 23.9 Å². The number of piperidine rings is 1. The van der Waals surface area contributed by atoms with Crippen LogP contribution >= 0.6 is 0 Å². The molecule has 3 heteroatoms. The van der Waals surface area contributed by atoms with Crippen molar-refractivity contribution in [3.63, 3.8) is 0 Å². The van der Waals surface area contributed by atoms with E-state index in [0.29, 0.717) is 23.7 Å². The summed E-state index contributed by atoms with van der Waals surface area (Å²) in [7, 11) is 0. The van der Waals surface area contributed by atoms with Gasteiger partial charge in [-0.15, -0.1) is 0 Å². The first-order valence-corrected chi connectivity index (χ1v) is 10.2. The summed E-state index contributed by atoms with van der Waals surface area (Å²) in [4.78, 5) is 2.63. The molecule has 1 saturated carbocycles. The van der Waals surface area contributed by atoms with Crippen molar-refractivity contribution < 1.29 is 9.47 Å². The van der Waals surface area contributed by atoms with Crippen molar-refractivity contribution in [3.8, 4) is 0 Å². The molecule has 1 saturated heterocycles. The molecule has 0 bridgehead atoms. The van der Waals surface area contributed by atoms with Gasteiger partial charge in [-0.25, -0.2) is 0 Å². The molecule has 24 heavy (non-hydrogen) atoms. The lowest BCUT2D eigenvalue weighted by Gasteiger charge is -2.42. The molecule has 0 radical (unpaired) electrons. The minimum atomic E-state index is -0.0199. The Labute approximate surface area is 150 Å². The molecular formula is C21H41NO2. The second-order valence-corrected chi connectivity index (χ2v) is 10.1. The number of hydrogen-bond donors (Lipinski definition) is 0. The van der Waals surface area contributed by atoms with E-state index in [9.17, 15) is 0 Å². The van der Waals surface area contributed by atoms with E-state index in [1.165, 1.54) is 51.7 Å². The molecule has 0 aromatic heterocycles. The van der Waals surface area contributed by atoms with Crippen LogP contribution in [0.15, 0.2) is 0 Å². The van der Waals surface area contributed by atoms with Crippen LogP contribution in [-0.2, 0) is 9.47 Å². The van der Waals surface area contributed by atoms with Crippen molar-refractivity contribution >= 4 is 0 Å². The molecule has 142 valence electrons. The monoisotopic (exact) mass is 339 g/mol. The highest BCUT2D eigenvalue weighted by Crippen LogP contribution is 2.32. The summed E-state index contributed by atoms with van der Waals surface area (Å²) in [5.41, 5.74) is 0.464. The average Bonchev–Trinajstić information content (AvgIpc) is 2.40. The first-order valence-electron chi connectivity index (χ1n) is 10.2. The topological polar surface area (TPSA) is 21.7 Å². The van der Waals surface area contributed by atoms with Crippen molar-refractivity contribution in [2.75, 3.05) is 19.6 Å². The largest absolute Gasteiger partial charge is 0.375 e. The highest BCUT2D eigenvalue weighted by Gasteiger charge is 2.35. The predicted octanol–water partition coefficient (Wildman–Crippen LogP) is 5.03. The van der Waals surface area contributed by atoms with Gasteiger partial charge in [-0.2, -0.15) is 0 Å². The van der Waals surface area contributed by atoms with Crippen LogP contribution in [0.5, 0.6) is 0 Å². The zero-order valence-electron chi connectivity index (χ0n) is 17.1. The van der Waals surface area contributed by atoms with E-state index in [1.807, 2.05) is 0 Å². The summed E-state index contributed by atoms with van der Waals surface area (Å²) in [5, 5.41) is 0. The van der Waals surface area contributed by atoms with Crippen LogP contribution in [-0.4, -0.2) is 48.4 Å². The van der Waals surface area contributed by atoms with Gasteiger partial charge in [0, 0.05) is 13.1 Å². The smallest absolute Gasteiger partial charge is 0.0631 e. The van der Waals surface area contributed by atoms with Crippen molar-refractivity contribution in [2.24, 2.45) is 5.41 Å². The molecule has 0 N–H and O–H groups in total. The number of nitrogens with zero attached hydrogens (tertiary/aromatic N) is 1. The second-order valence-electron chi connectivity index (χ2n) is 10.1. The highest BCUT2D eigenvalue weighted by atomic mass is 16.5. The average molecular weight is 340 g/mol. The van der Waals surface area contributed by atoms with Crippen LogP contribution < -0.4 is 0 Å². The predicted molar refractivity (Wildman–Crippen MR) is 102 cm³/mol. The Hall–Kier alpha value is -0.120. The Morgan fingerprint density at radius 3 is 2.00 bits per heavy atom. The number of hydrogen-bond acceptors (Lipinski definition) is 3. The molecule has 1 heterocycles. The Balaban J connectivity index is 1.51. The fourth-order valence-corrected chi connectivity index (χ4v) is 3.76. The number of unbranched alkanes of at least 4 members (excludes halogenated alkanes) is 1. The van der Waals surface area contributed by atoms with Gasteiger partial charge in [0.1, 0.15) is 0 Å². The van der Waals surface area contributed by atoms with Gasteiger partial charge < -0.3 is 14.4 Å². The van der Waals surface area contributed by atoms with Gasteiger partial charge in [-0.05, 0) is 71.3 Å². The lowest BCUT2D eigenvalue weighted by Crippen LogP contribution is -2.45. The van der Waals surface area contributed by atoms with Gasteiger partial charge >= 0.3 is 0 Å². The van der Waals surface area contributed by atoms with E-state index in [1.54, 1.807) is 0 Å². The Bertz CT molecular complexity index is 355. The van der Waals surface area contributed by atoms with Crippen LogP contribution in [0, 0.1) is 5.41 Å². The van der Waals surface area contributed by atoms with Crippen molar-refractivity contribution in [1.29, 1.82) is 0 Å². The summed E-state index contributed by atoms with van der Waals surface area (Å²) in [6, 6.07) is 0. The lowest BCUT2D eigenvalue weighted by atomic mass is 9.90. The third kappa shape index (κ3) is 7.84. The molecular weight excluding hydrogens is 298 g/mol. The normalized spacial score (nSPS) is 27.2. The lowest BCUT2D eigenvalue weighted by molar-refractivity contribution is -0.167. The van der Waals surface area contributed by atoms with Gasteiger partial charge in [0.15, 0.2) is 0 Å². The van der Waals surface area contributed by atoms with Crippen molar-refractivity contribution in [1.82, 2.24) is 4.90 Å². The summed E-state index contributed by atoms with van der Waals surface area (Å²) in [5.74, 6) is 0. The maximum absolute atomic E-state index is 6.28. The highest BCUT2D eigenvalue weighted by molar-refractivity contribution is 4.85. The summed E-state index contributed by atoms with van der Waals surface area (Å²) < 4.78 is 12.3. The SMILES string of the molecule is CC(C)(C)CCCCN1CCC(OC2CC(OC(C)(C)C)C2)CC1. The molecule has 2 rings (SSSR count). The Morgan fingerprint density at radius 1 is 0.833 bits per heavy atom. The summed E-state index contributed by atoms with van der Waals surface area (Å²) in [6.07, 6.45) is 9.98. The number of likely N-dealkylation sites (tertiary alicyclic amines) is 1. The summed E-state index contributed by atoms with van der Waals surface area (Å²) in [6.45, 7) is 17.1. The molecule has 2 fully saturated rings. The molecule has 2 aliphatic rings. The summed E-state index contributed by atoms with van der Waals surface area (Å²) >= 11 is 0. The first-order chi connectivity index (χ1) is 11.1. The molecule has 0 aromatic carbocycles. The maximum atomic E-state index is 6.28. The maximum Gasteiger partial charge on any atom is 0.0631 e. The van der Waals surface area contributed by atoms with Crippen molar-refractivity contribution in [3.05, 3.63) is 0 Å². The van der Waals surface area contributed by atoms with Gasteiger partial charge in [-0.3, -0.25) is 0 Å². The third-order valence-corrected chi connectivity index (χ3v) is 5.14. The molecule has 0 unspecified atom stereocenters. The molecule has 0 amide bonds. The zero-order valence-corrected chi connectivity index (χ0v) is 17.1. The Morgan fingerprint density at radius 2 is 1.46 bits per heavy atom. The molecule has 1 aliphatic heterocycles. The van der Waals surface area contributed by atoms with E-state index < -0.39 is 0 Å². The van der Waals surface area contributed by atoms with E-state index in [2.05, 4.69) is 46.4 Å². The molecule has 3 nitrogen and oxygen atoms in total. The zero-order chi connectivity index (χ0) is 17.8. The standard InChI is InChI=1S/C21H41NO2/c1-20(2,3)11-7-8-12-22-13-9-17(10-14-22)23-18-15-19(16-18)24-21(4,5)6/h17-19H,7-16H2,1-6H3. The fourth-order valence-electron chi connectivity index (χ4n) is 3.76. The molecule has 0 aromatic rings. The van der Waals surface area contributed by atoms with E-state index in [0.717, 1.165) is 12.8 Å². The van der Waals surface area contributed by atoms with Crippen LogP contribution in [0.1, 0.15) is 86.5 Å². The second kappa shape index (κ2) is 8.51. The van der Waals surface area contributed by atoms with E-state index >= 15 is 0 Å². The van der Waals surface area contributed by atoms with Gasteiger partial charge in [-0.1, -0.05) is 27.2 Å². The van der Waals surface area contributed by atoms with Gasteiger partial charge in [0.25, 0.3) is 0 Å². The third-order valence-electron chi connectivity index (χ3n) is 5.14. The van der Waals surface area contributed by atoms with Crippen LogP contribution in [0.2, 0.25) is 0 Å². The van der Waals surface area contributed by atoms with Gasteiger partial charge in [0.2, 0.25) is 0 Å². The molecule has 1 aliphatic carbocycles. The van der Waals surface area contributed by atoms with Crippen LogP contribution in [0.25, 0.3) is 0 Å².